The van der Waals surface area contributed by atoms with Gasteiger partial charge in [0.15, 0.2) is 18.4 Å². The highest BCUT2D eigenvalue weighted by molar-refractivity contribution is 5.99. The molecule has 6 unspecified atom stereocenters. The predicted molar refractivity (Wildman–Crippen MR) is 239 cm³/mol. The van der Waals surface area contributed by atoms with E-state index in [1.165, 1.54) is 0 Å². The van der Waals surface area contributed by atoms with E-state index in [0.29, 0.717) is 55.1 Å². The summed E-state index contributed by atoms with van der Waals surface area (Å²) in [6, 6.07) is 7.91. The van der Waals surface area contributed by atoms with E-state index in [1.807, 2.05) is 49.0 Å². The van der Waals surface area contributed by atoms with Gasteiger partial charge in [-0.05, 0) is 115 Å². The van der Waals surface area contributed by atoms with Crippen molar-refractivity contribution in [1.82, 2.24) is 19.9 Å². The molecule has 3 saturated heterocycles. The van der Waals surface area contributed by atoms with Gasteiger partial charge >= 0.3 is 5.97 Å². The average Bonchev–Trinajstić information content (AvgIpc) is 4.02. The summed E-state index contributed by atoms with van der Waals surface area (Å²) in [6.07, 6.45) is 8.92. The number of nitrogen functional groups attached to an aromatic ring is 1. The number of nitrogens with zero attached hydrogens (tertiary/aromatic N) is 4. The highest BCUT2D eigenvalue weighted by Crippen LogP contribution is 2.57. The fourth-order valence-corrected chi connectivity index (χ4v) is 12.0. The Balaban J connectivity index is 1.13. The Kier molecular flexibility index (Phi) is 14.8. The van der Waals surface area contributed by atoms with Crippen LogP contribution in [0, 0.1) is 35.5 Å². The van der Waals surface area contributed by atoms with Crippen LogP contribution in [0.2, 0.25) is 0 Å². The minimum absolute atomic E-state index is 0.00267. The Bertz CT molecular complexity index is 2010. The molecule has 15 nitrogen and oxygen atoms in total. The van der Waals surface area contributed by atoms with E-state index in [4.69, 9.17) is 48.8 Å². The van der Waals surface area contributed by atoms with Crippen molar-refractivity contribution in [3.63, 3.8) is 0 Å². The molecule has 352 valence electrons. The number of methoxy groups -OCH3 is 3. The first-order valence-corrected chi connectivity index (χ1v) is 23.6. The van der Waals surface area contributed by atoms with E-state index in [9.17, 15) is 4.79 Å². The third-order valence-corrected chi connectivity index (χ3v) is 15.3. The molecule has 1 aromatic heterocycles. The molecule has 0 radical (unpaired) electrons. The van der Waals surface area contributed by atoms with Crippen LogP contribution in [0.25, 0.3) is 17.0 Å². The van der Waals surface area contributed by atoms with Gasteiger partial charge in [0.05, 0.1) is 37.0 Å². The van der Waals surface area contributed by atoms with E-state index in [1.54, 1.807) is 21.3 Å². The molecular weight excluding hydrogens is 819 g/mol. The van der Waals surface area contributed by atoms with Gasteiger partial charge in [0.25, 0.3) is 0 Å². The molecule has 8 rings (SSSR count). The summed E-state index contributed by atoms with van der Waals surface area (Å²) in [7, 11) is 9.10. The van der Waals surface area contributed by atoms with Crippen LogP contribution in [0.15, 0.2) is 48.2 Å². The molecule has 0 bridgehead atoms. The van der Waals surface area contributed by atoms with Crippen LogP contribution in [-0.4, -0.2) is 135 Å². The van der Waals surface area contributed by atoms with Gasteiger partial charge in [0.2, 0.25) is 0 Å². The van der Waals surface area contributed by atoms with E-state index >= 15 is 4.79 Å². The number of hydrogen-bond acceptors (Lipinski definition) is 14. The van der Waals surface area contributed by atoms with Crippen molar-refractivity contribution in [2.24, 2.45) is 35.5 Å². The standard InChI is InChI=1S/C49H71N5O10/c1-10-31-15-12-16-42(64-44-18-17-40(53(5)6)27(3)60-44)26(2)45(56)38-22-34-33-20-32(63-49-48(59-9)47(58-8)46(57-7)28(4)61-49)21-37(33)41(23-35(34)36(38)24-43(55)62-31)54-25-39(51-52-54)29-13-11-14-30(50)19-29/h11,13-14,19,22-23,25-28,31-37,40,42,44,46-49H,10,12,15-18,20-21,24,50H2,1-9H3/t26-,27?,28?,31+,32+,33+,34+,35-,36+,37-,40+,42+,44+,46?,47?,48?,49?/m1/s1. The van der Waals surface area contributed by atoms with E-state index in [0.717, 1.165) is 30.5 Å². The molecule has 64 heavy (non-hydrogen) atoms. The van der Waals surface area contributed by atoms with Crippen molar-refractivity contribution < 1.29 is 47.5 Å². The number of aromatic nitrogens is 3. The number of cyclic esters (lactones) is 1. The lowest BCUT2D eigenvalue weighted by molar-refractivity contribution is -0.314. The van der Waals surface area contributed by atoms with E-state index in [-0.39, 0.29) is 78.5 Å². The number of rotatable bonds is 11. The lowest BCUT2D eigenvalue weighted by Gasteiger charge is -2.44. The zero-order chi connectivity index (χ0) is 45.4. The van der Waals surface area contributed by atoms with Gasteiger partial charge in [-0.3, -0.25) is 9.59 Å². The largest absolute Gasteiger partial charge is 0.462 e. The van der Waals surface area contributed by atoms with Crippen LogP contribution in [0.4, 0.5) is 5.69 Å². The number of ether oxygens (including phenoxy) is 8. The average molecular weight is 890 g/mol. The van der Waals surface area contributed by atoms with Crippen LogP contribution in [-0.2, 0) is 47.5 Å². The van der Waals surface area contributed by atoms with Crippen molar-refractivity contribution in [3.8, 4) is 11.3 Å². The summed E-state index contributed by atoms with van der Waals surface area (Å²) in [6.45, 7) is 8.12. The zero-order valence-corrected chi connectivity index (χ0v) is 39.2. The summed E-state index contributed by atoms with van der Waals surface area (Å²) < 4.78 is 52.4. The number of likely N-dealkylation sites (N-methyl/N-ethyl adjacent to an activating group) is 1. The molecule has 17 atom stereocenters. The number of hydrogen-bond donors (Lipinski definition) is 1. The molecule has 0 spiro atoms. The van der Waals surface area contributed by atoms with E-state index < -0.39 is 36.6 Å². The predicted octanol–water partition coefficient (Wildman–Crippen LogP) is 6.31. The highest BCUT2D eigenvalue weighted by Gasteiger charge is 2.55. The van der Waals surface area contributed by atoms with Gasteiger partial charge in [0, 0.05) is 62.1 Å². The second kappa shape index (κ2) is 20.1. The molecule has 4 heterocycles. The zero-order valence-electron chi connectivity index (χ0n) is 39.2. The number of esters is 1. The number of allylic oxidation sites excluding steroid dienone is 4. The second-order valence-corrected chi connectivity index (χ2v) is 19.3. The summed E-state index contributed by atoms with van der Waals surface area (Å²) in [4.78, 5) is 31.4. The molecule has 3 aliphatic heterocycles. The molecule has 6 aliphatic rings. The van der Waals surface area contributed by atoms with Crippen LogP contribution in [0.5, 0.6) is 0 Å². The molecule has 1 saturated carbocycles. The minimum atomic E-state index is -0.700. The fraction of sp³-hybridized carbons (Fsp3) is 0.714. The quantitative estimate of drug-likeness (QED) is 0.197. The highest BCUT2D eigenvalue weighted by atomic mass is 16.7. The Labute approximate surface area is 378 Å². The van der Waals surface area contributed by atoms with Gasteiger partial charge in [-0.1, -0.05) is 43.3 Å². The SMILES string of the molecule is CC[C@H]1CCC[C@H](O[C@H]2CC[C@H](N(C)C)C(C)O2)[C@@H](C)C(=O)C2=C[C@@H]3[C@@H](C=C(n4cc(-c5cccc(N)c5)nn4)[C@@H]4C[C@@H](OC5OC(C)C(OC)C(OC)C5OC)C[C@@H]34)[C@@H]2CC(=O)O1. The molecule has 2 aromatic rings. The number of anilines is 1. The van der Waals surface area contributed by atoms with Gasteiger partial charge < -0.3 is 48.5 Å². The van der Waals surface area contributed by atoms with Crippen molar-refractivity contribution in [2.75, 3.05) is 41.2 Å². The molecule has 15 heteroatoms. The smallest absolute Gasteiger partial charge is 0.306 e. The van der Waals surface area contributed by atoms with Crippen LogP contribution in [0.1, 0.15) is 85.5 Å². The van der Waals surface area contributed by atoms with Crippen molar-refractivity contribution in [1.29, 1.82) is 0 Å². The molecule has 2 N–H and O–H groups in total. The fourth-order valence-electron chi connectivity index (χ4n) is 12.0. The molecule has 3 aliphatic carbocycles. The maximum atomic E-state index is 15.2. The second-order valence-electron chi connectivity index (χ2n) is 19.3. The molecule has 1 aromatic carbocycles. The monoisotopic (exact) mass is 890 g/mol. The van der Waals surface area contributed by atoms with Crippen LogP contribution in [0.3, 0.4) is 0 Å². The Morgan fingerprint density at radius 1 is 0.875 bits per heavy atom. The van der Waals surface area contributed by atoms with Gasteiger partial charge in [-0.25, -0.2) is 4.68 Å². The lowest BCUT2D eigenvalue weighted by Crippen LogP contribution is -2.59. The number of Topliss-reactive ketones (excluding diaryl/α,β-unsaturated/α-hetero) is 1. The summed E-state index contributed by atoms with van der Waals surface area (Å²) in [5.74, 6) is -1.30. The Hall–Kier alpha value is -3.54. The summed E-state index contributed by atoms with van der Waals surface area (Å²) in [5, 5.41) is 9.31. The van der Waals surface area contributed by atoms with E-state index in [2.05, 4.69) is 50.1 Å². The lowest BCUT2D eigenvalue weighted by atomic mass is 9.69. The number of benzene rings is 1. The van der Waals surface area contributed by atoms with Crippen LogP contribution >= 0.6 is 0 Å². The summed E-state index contributed by atoms with van der Waals surface area (Å²) in [5.41, 5.74) is 10.0. The first-order chi connectivity index (χ1) is 30.8. The first kappa shape index (κ1) is 47.0. The third kappa shape index (κ3) is 9.51. The van der Waals surface area contributed by atoms with Gasteiger partial charge in [-0.15, -0.1) is 5.10 Å². The van der Waals surface area contributed by atoms with Crippen molar-refractivity contribution in [2.45, 2.75) is 153 Å². The van der Waals surface area contributed by atoms with Gasteiger partial charge in [0.1, 0.15) is 30.1 Å². The number of carbonyl (C=O) groups is 2. The molecular formula is C49H71N5O10. The number of ketones is 1. The first-order valence-electron chi connectivity index (χ1n) is 23.6. The maximum Gasteiger partial charge on any atom is 0.306 e. The third-order valence-electron chi connectivity index (χ3n) is 15.3. The number of carbonyl (C=O) groups excluding carboxylic acids is 2. The number of fused-ring (bicyclic) bond motifs is 5. The topological polar surface area (TPSA) is 168 Å². The maximum absolute atomic E-state index is 15.2. The van der Waals surface area contributed by atoms with Crippen molar-refractivity contribution >= 4 is 23.1 Å². The molecule has 0 amide bonds. The number of nitrogens with two attached hydrogens (primary N) is 1. The summed E-state index contributed by atoms with van der Waals surface area (Å²) >= 11 is 0. The van der Waals surface area contributed by atoms with Gasteiger partial charge in [-0.2, -0.15) is 0 Å². The Morgan fingerprint density at radius 3 is 2.36 bits per heavy atom. The van der Waals surface area contributed by atoms with Crippen molar-refractivity contribution in [3.05, 3.63) is 48.2 Å². The normalized spacial score (nSPS) is 39.5. The molecule has 4 fully saturated rings. The minimum Gasteiger partial charge on any atom is -0.462 e. The Morgan fingerprint density at radius 2 is 1.66 bits per heavy atom. The van der Waals surface area contributed by atoms with Crippen LogP contribution < -0.4 is 5.73 Å².